The van der Waals surface area contributed by atoms with Crippen LogP contribution < -0.4 is 4.74 Å². The van der Waals surface area contributed by atoms with E-state index >= 15 is 0 Å². The Morgan fingerprint density at radius 1 is 1.23 bits per heavy atom. The molecule has 14 heteroatoms. The van der Waals surface area contributed by atoms with E-state index in [4.69, 9.17) is 37.8 Å². The summed E-state index contributed by atoms with van der Waals surface area (Å²) in [6.07, 6.45) is -2.26. The van der Waals surface area contributed by atoms with Gasteiger partial charge in [0.1, 0.15) is 5.71 Å². The van der Waals surface area contributed by atoms with Gasteiger partial charge in [-0.05, 0) is 47.0 Å². The van der Waals surface area contributed by atoms with Gasteiger partial charge in [-0.15, -0.1) is 11.3 Å². The third-order valence-electron chi connectivity index (χ3n) is 6.47. The Labute approximate surface area is 244 Å². The van der Waals surface area contributed by atoms with Gasteiger partial charge in [-0.2, -0.15) is 13.2 Å². The fourth-order valence-electron chi connectivity index (χ4n) is 4.39. The summed E-state index contributed by atoms with van der Waals surface area (Å²) in [4.78, 5) is 28.4. The lowest BCUT2D eigenvalue weighted by Crippen LogP contribution is -2.40. The number of nitrogens with zero attached hydrogens (tertiary/aromatic N) is 4. The third kappa shape index (κ3) is 6.34. The minimum Gasteiger partial charge on any atom is -0.467 e. The molecule has 5 rings (SSSR count). The average Bonchev–Trinajstić information content (AvgIpc) is 3.58. The van der Waals surface area contributed by atoms with Crippen LogP contribution in [0.15, 0.2) is 45.5 Å². The van der Waals surface area contributed by atoms with E-state index < -0.39 is 11.7 Å². The number of likely N-dealkylation sites (tertiary alicyclic amines) is 1. The Balaban J connectivity index is 1.12. The lowest BCUT2D eigenvalue weighted by molar-refractivity contribution is -0.138. The fourth-order valence-corrected chi connectivity index (χ4v) is 6.50. The lowest BCUT2D eigenvalue weighted by Gasteiger charge is -2.31. The predicted molar refractivity (Wildman–Crippen MR) is 145 cm³/mol. The predicted octanol–water partition coefficient (Wildman–Crippen LogP) is 7.28. The van der Waals surface area contributed by atoms with Crippen LogP contribution in [-0.2, 0) is 15.8 Å². The summed E-state index contributed by atoms with van der Waals surface area (Å²) in [5.41, 5.74) is 1.28. The smallest absolute Gasteiger partial charge is 0.417 e. The van der Waals surface area contributed by atoms with Crippen molar-refractivity contribution >= 4 is 62.1 Å². The molecule has 2 aliphatic rings. The number of hydrogen-bond donors (Lipinski definition) is 0. The fraction of sp³-hybridized carbons (Fsp3) is 0.360. The van der Waals surface area contributed by atoms with E-state index in [1.165, 1.54) is 0 Å². The lowest BCUT2D eigenvalue weighted by atomic mass is 9.97. The second-order valence-corrected chi connectivity index (χ2v) is 11.6. The molecule has 0 bridgehead atoms. The SMILES string of the molecule is O=C(COc1ncc(C(F)(F)F)cc1Br)N1CCC(c2nc(C3=NOC(c4c(Cl)cccc4Cl)C3)cs2)CC1. The number of ether oxygens (including phenoxy) is 1. The topological polar surface area (TPSA) is 76.9 Å². The Morgan fingerprint density at radius 3 is 2.62 bits per heavy atom. The van der Waals surface area contributed by atoms with Crippen molar-refractivity contribution in [1.82, 2.24) is 14.9 Å². The number of amides is 1. The maximum Gasteiger partial charge on any atom is 0.417 e. The van der Waals surface area contributed by atoms with E-state index in [1.54, 1.807) is 34.4 Å². The summed E-state index contributed by atoms with van der Waals surface area (Å²) < 4.78 is 43.8. The molecule has 7 nitrogen and oxygen atoms in total. The number of oxime groups is 1. The van der Waals surface area contributed by atoms with Crippen LogP contribution >= 0.6 is 50.5 Å². The molecule has 0 radical (unpaired) electrons. The highest BCUT2D eigenvalue weighted by atomic mass is 79.9. The molecule has 2 aromatic heterocycles. The number of alkyl halides is 3. The van der Waals surface area contributed by atoms with Crippen LogP contribution in [0, 0.1) is 0 Å². The summed E-state index contributed by atoms with van der Waals surface area (Å²) in [6.45, 7) is 0.709. The molecule has 39 heavy (non-hydrogen) atoms. The number of carbonyl (C=O) groups excluding carboxylic acids is 1. The number of benzene rings is 1. The maximum absolute atomic E-state index is 12.8. The molecule has 0 aliphatic carbocycles. The Hall–Kier alpha value is -2.41. The third-order valence-corrected chi connectivity index (χ3v) is 8.71. The second kappa shape index (κ2) is 11.6. The molecule has 1 atom stereocenters. The highest BCUT2D eigenvalue weighted by molar-refractivity contribution is 9.10. The average molecular weight is 664 g/mol. The quantitative estimate of drug-likeness (QED) is 0.277. The highest BCUT2D eigenvalue weighted by Crippen LogP contribution is 2.39. The summed E-state index contributed by atoms with van der Waals surface area (Å²) in [5.74, 6) is -0.140. The van der Waals surface area contributed by atoms with Gasteiger partial charge in [0.2, 0.25) is 5.88 Å². The molecule has 0 saturated carbocycles. The Bertz CT molecular complexity index is 1390. The van der Waals surface area contributed by atoms with Gasteiger partial charge in [0.05, 0.1) is 20.7 Å². The summed E-state index contributed by atoms with van der Waals surface area (Å²) >= 11 is 17.2. The number of carbonyl (C=O) groups is 1. The summed E-state index contributed by atoms with van der Waals surface area (Å²) in [7, 11) is 0. The van der Waals surface area contributed by atoms with Gasteiger partial charge in [-0.1, -0.05) is 34.4 Å². The van der Waals surface area contributed by atoms with E-state index in [0.717, 1.165) is 35.3 Å². The summed E-state index contributed by atoms with van der Waals surface area (Å²) in [5, 5.41) is 8.19. The molecule has 4 heterocycles. The Kier molecular flexibility index (Phi) is 8.37. The van der Waals surface area contributed by atoms with E-state index in [1.807, 2.05) is 5.38 Å². The molecule has 1 amide bonds. The van der Waals surface area contributed by atoms with Gasteiger partial charge in [-0.3, -0.25) is 4.79 Å². The highest BCUT2D eigenvalue weighted by Gasteiger charge is 2.33. The molecule has 1 fully saturated rings. The largest absolute Gasteiger partial charge is 0.467 e. The first-order valence-electron chi connectivity index (χ1n) is 11.9. The van der Waals surface area contributed by atoms with Crippen molar-refractivity contribution in [1.29, 1.82) is 0 Å². The molecular formula is C25H20BrCl2F3N4O3S. The van der Waals surface area contributed by atoms with Crippen LogP contribution in [0.25, 0.3) is 0 Å². The standard InChI is InChI=1S/C25H20BrCl2F3N4O3S/c26-15-8-14(25(29,30)31)10-32-23(15)37-11-21(36)35-6-4-13(5-7-35)24-33-19(12-39-24)18-9-20(38-34-18)22-16(27)2-1-3-17(22)28/h1-3,8,10,12-13,20H,4-7,9,11H2. The summed E-state index contributed by atoms with van der Waals surface area (Å²) in [6, 6.07) is 6.17. The molecule has 0 N–H and O–H groups in total. The number of rotatable bonds is 6. The zero-order chi connectivity index (χ0) is 27.7. The molecule has 1 saturated heterocycles. The van der Waals surface area contributed by atoms with E-state index in [9.17, 15) is 18.0 Å². The van der Waals surface area contributed by atoms with Crippen LogP contribution in [-0.4, -0.2) is 46.2 Å². The van der Waals surface area contributed by atoms with Crippen LogP contribution in [0.4, 0.5) is 13.2 Å². The Morgan fingerprint density at radius 2 is 1.95 bits per heavy atom. The van der Waals surface area contributed by atoms with Gasteiger partial charge in [0, 0.05) is 52.6 Å². The normalized spacial score (nSPS) is 18.2. The van der Waals surface area contributed by atoms with Crippen LogP contribution in [0.3, 0.4) is 0 Å². The van der Waals surface area contributed by atoms with Crippen molar-refractivity contribution in [3.63, 3.8) is 0 Å². The second-order valence-electron chi connectivity index (χ2n) is 8.99. The van der Waals surface area contributed by atoms with Gasteiger partial charge in [0.25, 0.3) is 5.91 Å². The van der Waals surface area contributed by atoms with Gasteiger partial charge in [0.15, 0.2) is 12.7 Å². The molecule has 2 aliphatic heterocycles. The van der Waals surface area contributed by atoms with Crippen LogP contribution in [0.2, 0.25) is 10.0 Å². The van der Waals surface area contributed by atoms with Gasteiger partial charge >= 0.3 is 6.18 Å². The number of aromatic nitrogens is 2. The minimum absolute atomic E-state index is 0.0296. The molecule has 0 spiro atoms. The van der Waals surface area contributed by atoms with Crippen LogP contribution in [0.1, 0.15) is 53.1 Å². The monoisotopic (exact) mass is 662 g/mol. The number of piperidine rings is 1. The van der Waals surface area contributed by atoms with Gasteiger partial charge < -0.3 is 14.5 Å². The van der Waals surface area contributed by atoms with E-state index in [2.05, 4.69) is 26.1 Å². The van der Waals surface area contributed by atoms with Crippen molar-refractivity contribution in [3.05, 3.63) is 72.2 Å². The maximum atomic E-state index is 12.8. The van der Waals surface area contributed by atoms with Gasteiger partial charge in [-0.25, -0.2) is 9.97 Å². The molecule has 206 valence electrons. The van der Waals surface area contributed by atoms with Crippen molar-refractivity contribution < 1.29 is 27.5 Å². The zero-order valence-corrected chi connectivity index (χ0v) is 24.0. The van der Waals surface area contributed by atoms with Crippen molar-refractivity contribution in [2.75, 3.05) is 19.7 Å². The van der Waals surface area contributed by atoms with Crippen LogP contribution in [0.5, 0.6) is 5.88 Å². The van der Waals surface area contributed by atoms with E-state index in [-0.39, 0.29) is 34.9 Å². The number of thiazole rings is 1. The van der Waals surface area contributed by atoms with Crippen molar-refractivity contribution in [2.45, 2.75) is 37.5 Å². The first-order chi connectivity index (χ1) is 18.6. The van der Waals surface area contributed by atoms with E-state index in [0.29, 0.717) is 41.3 Å². The number of halogens is 6. The first kappa shape index (κ1) is 28.1. The molecule has 3 aromatic rings. The molecule has 1 unspecified atom stereocenters. The first-order valence-corrected chi connectivity index (χ1v) is 14.3. The minimum atomic E-state index is -4.52. The van der Waals surface area contributed by atoms with Crippen molar-refractivity contribution in [2.24, 2.45) is 5.16 Å². The van der Waals surface area contributed by atoms with Crippen molar-refractivity contribution in [3.8, 4) is 5.88 Å². The number of pyridine rings is 1. The molecular weight excluding hydrogens is 644 g/mol. The number of hydrogen-bond acceptors (Lipinski definition) is 7. The molecule has 1 aromatic carbocycles. The zero-order valence-electron chi connectivity index (χ0n) is 20.1.